The van der Waals surface area contributed by atoms with Crippen LogP contribution >= 0.6 is 12.2 Å². The number of rotatable bonds is 3. The molecule has 17 heavy (non-hydrogen) atoms. The molecule has 0 aliphatic carbocycles. The maximum atomic E-state index is 9.32. The van der Waals surface area contributed by atoms with E-state index in [-0.39, 0.29) is 5.75 Å². The summed E-state index contributed by atoms with van der Waals surface area (Å²) in [6.45, 7) is 1.98. The quantitative estimate of drug-likeness (QED) is 0.645. The molecule has 0 aliphatic rings. The maximum absolute atomic E-state index is 9.32. The molecule has 0 aliphatic heterocycles. The molecule has 2 aromatic rings. The fraction of sp³-hybridized carbons (Fsp3) is 0.182. The van der Waals surface area contributed by atoms with Gasteiger partial charge in [0.2, 0.25) is 4.77 Å². The Morgan fingerprint density at radius 3 is 3.12 bits per heavy atom. The van der Waals surface area contributed by atoms with Crippen LogP contribution in [0.2, 0.25) is 0 Å². The van der Waals surface area contributed by atoms with Gasteiger partial charge in [0.05, 0.1) is 6.21 Å². The van der Waals surface area contributed by atoms with E-state index < -0.39 is 0 Å². The minimum absolute atomic E-state index is 0.209. The molecule has 0 amide bonds. The van der Waals surface area contributed by atoms with Crippen molar-refractivity contribution in [3.63, 3.8) is 0 Å². The highest BCUT2D eigenvalue weighted by atomic mass is 32.1. The smallest absolute Gasteiger partial charge is 0.216 e. The van der Waals surface area contributed by atoms with Crippen molar-refractivity contribution in [2.75, 3.05) is 0 Å². The van der Waals surface area contributed by atoms with Gasteiger partial charge in [-0.05, 0) is 29.9 Å². The lowest BCUT2D eigenvalue weighted by atomic mass is 10.2. The summed E-state index contributed by atoms with van der Waals surface area (Å²) in [5.41, 5.74) is 0.801. The van der Waals surface area contributed by atoms with Gasteiger partial charge >= 0.3 is 0 Å². The Morgan fingerprint density at radius 1 is 1.59 bits per heavy atom. The molecule has 2 N–H and O–H groups in total. The summed E-state index contributed by atoms with van der Waals surface area (Å²) in [5.74, 6) is 0.979. The Hall–Kier alpha value is -1.95. The van der Waals surface area contributed by atoms with E-state index >= 15 is 0 Å². The normalized spacial score (nSPS) is 11.1. The first-order chi connectivity index (χ1) is 8.20. The second-order valence-corrected chi connectivity index (χ2v) is 3.84. The third-order valence-electron chi connectivity index (χ3n) is 2.23. The first-order valence-electron chi connectivity index (χ1n) is 5.20. The third-order valence-corrected chi connectivity index (χ3v) is 2.49. The van der Waals surface area contributed by atoms with E-state index in [0.717, 1.165) is 17.8 Å². The van der Waals surface area contributed by atoms with Gasteiger partial charge in [-0.3, -0.25) is 5.10 Å². The summed E-state index contributed by atoms with van der Waals surface area (Å²) in [7, 11) is 0. The van der Waals surface area contributed by atoms with E-state index in [0.29, 0.717) is 4.77 Å². The number of phenols is 1. The summed E-state index contributed by atoms with van der Waals surface area (Å²) in [6.07, 6.45) is 2.37. The molecule has 5 nitrogen and oxygen atoms in total. The first kappa shape index (κ1) is 11.5. The van der Waals surface area contributed by atoms with Gasteiger partial charge in [-0.15, -0.1) is 0 Å². The Labute approximate surface area is 103 Å². The van der Waals surface area contributed by atoms with Crippen LogP contribution in [0, 0.1) is 4.77 Å². The molecule has 6 heteroatoms. The highest BCUT2D eigenvalue weighted by Crippen LogP contribution is 2.09. The fourth-order valence-electron chi connectivity index (χ4n) is 1.40. The minimum atomic E-state index is 0.209. The lowest BCUT2D eigenvalue weighted by molar-refractivity contribution is 0.475. The molecule has 0 radical (unpaired) electrons. The molecule has 0 saturated heterocycles. The van der Waals surface area contributed by atoms with Gasteiger partial charge in [0.15, 0.2) is 5.82 Å². The van der Waals surface area contributed by atoms with E-state index in [1.807, 2.05) is 13.0 Å². The standard InChI is InChI=1S/C11H12N4OS/c1-2-10-13-14-11(17)15(10)12-7-8-4-3-5-9(16)6-8/h3-7,16H,2H2,1H3,(H,14,17)/b12-7+. The topological polar surface area (TPSA) is 66.2 Å². The second-order valence-electron chi connectivity index (χ2n) is 3.45. The molecule has 0 spiro atoms. The van der Waals surface area contributed by atoms with Crippen LogP contribution < -0.4 is 0 Å². The van der Waals surface area contributed by atoms with Crippen molar-refractivity contribution in [1.82, 2.24) is 14.9 Å². The number of aromatic nitrogens is 3. The number of aromatic hydroxyl groups is 1. The van der Waals surface area contributed by atoms with Gasteiger partial charge < -0.3 is 5.11 Å². The van der Waals surface area contributed by atoms with Crippen LogP contribution in [0.5, 0.6) is 5.75 Å². The van der Waals surface area contributed by atoms with Gasteiger partial charge in [-0.25, -0.2) is 0 Å². The lowest BCUT2D eigenvalue weighted by Crippen LogP contribution is -1.97. The van der Waals surface area contributed by atoms with E-state index in [2.05, 4.69) is 15.3 Å². The van der Waals surface area contributed by atoms with Crippen LogP contribution in [0.4, 0.5) is 0 Å². The van der Waals surface area contributed by atoms with Crippen molar-refractivity contribution in [2.45, 2.75) is 13.3 Å². The Morgan fingerprint density at radius 2 is 2.41 bits per heavy atom. The summed E-state index contributed by atoms with van der Waals surface area (Å²) in [6, 6.07) is 6.84. The molecule has 0 atom stereocenters. The summed E-state index contributed by atoms with van der Waals surface area (Å²) in [5, 5.41) is 20.3. The average Bonchev–Trinajstić information content (AvgIpc) is 2.67. The third kappa shape index (κ3) is 2.59. The van der Waals surface area contributed by atoms with Crippen LogP contribution in [0.15, 0.2) is 29.4 Å². The molecular weight excluding hydrogens is 236 g/mol. The fourth-order valence-corrected chi connectivity index (χ4v) is 1.60. The van der Waals surface area contributed by atoms with Gasteiger partial charge in [0, 0.05) is 6.42 Å². The van der Waals surface area contributed by atoms with E-state index in [1.165, 1.54) is 0 Å². The number of benzene rings is 1. The van der Waals surface area contributed by atoms with Gasteiger partial charge in [-0.2, -0.15) is 14.9 Å². The molecule has 0 unspecified atom stereocenters. The number of aryl methyl sites for hydroxylation is 1. The number of nitrogens with zero attached hydrogens (tertiary/aromatic N) is 3. The van der Waals surface area contributed by atoms with Gasteiger partial charge in [0.1, 0.15) is 5.75 Å². The summed E-state index contributed by atoms with van der Waals surface area (Å²) < 4.78 is 2.03. The van der Waals surface area contributed by atoms with Crippen LogP contribution in [0.3, 0.4) is 0 Å². The zero-order valence-corrected chi connectivity index (χ0v) is 10.1. The Balaban J connectivity index is 2.32. The van der Waals surface area contributed by atoms with Crippen molar-refractivity contribution in [1.29, 1.82) is 0 Å². The second kappa shape index (κ2) is 4.92. The van der Waals surface area contributed by atoms with Crippen molar-refractivity contribution < 1.29 is 5.11 Å². The van der Waals surface area contributed by atoms with E-state index in [9.17, 15) is 5.11 Å². The SMILES string of the molecule is CCc1n[nH]c(=S)n1/N=C/c1cccc(O)c1. The number of aromatic amines is 1. The zero-order valence-electron chi connectivity index (χ0n) is 9.29. The van der Waals surface area contributed by atoms with Crippen LogP contribution in [-0.4, -0.2) is 26.2 Å². The van der Waals surface area contributed by atoms with Gasteiger partial charge in [0.25, 0.3) is 0 Å². The lowest BCUT2D eigenvalue weighted by Gasteiger charge is -1.97. The first-order valence-corrected chi connectivity index (χ1v) is 5.61. The number of phenolic OH excluding ortho intramolecular Hbond substituents is 1. The predicted octanol–water partition coefficient (Wildman–Crippen LogP) is 2.09. The number of H-pyrrole nitrogens is 1. The van der Waals surface area contributed by atoms with Crippen molar-refractivity contribution >= 4 is 18.4 Å². The largest absolute Gasteiger partial charge is 0.508 e. The molecule has 0 fully saturated rings. The van der Waals surface area contributed by atoms with Crippen molar-refractivity contribution in [3.05, 3.63) is 40.4 Å². The van der Waals surface area contributed by atoms with E-state index in [1.54, 1.807) is 29.1 Å². The number of hydrogen-bond acceptors (Lipinski definition) is 4. The molecule has 2 rings (SSSR count). The van der Waals surface area contributed by atoms with E-state index in [4.69, 9.17) is 12.2 Å². The maximum Gasteiger partial charge on any atom is 0.216 e. The molecule has 1 heterocycles. The summed E-state index contributed by atoms with van der Waals surface area (Å²) >= 11 is 5.06. The molecule has 0 bridgehead atoms. The van der Waals surface area contributed by atoms with Gasteiger partial charge in [-0.1, -0.05) is 19.1 Å². The minimum Gasteiger partial charge on any atom is -0.508 e. The average molecular weight is 248 g/mol. The van der Waals surface area contributed by atoms with Crippen molar-refractivity contribution in [2.24, 2.45) is 5.10 Å². The number of nitrogens with one attached hydrogen (secondary N) is 1. The van der Waals surface area contributed by atoms with Crippen LogP contribution in [0.25, 0.3) is 0 Å². The Bertz CT molecular complexity index is 600. The Kier molecular flexibility index (Phi) is 3.34. The van der Waals surface area contributed by atoms with Crippen LogP contribution in [-0.2, 0) is 6.42 Å². The van der Waals surface area contributed by atoms with Crippen molar-refractivity contribution in [3.8, 4) is 5.75 Å². The molecular formula is C11H12N4OS. The number of hydrogen-bond donors (Lipinski definition) is 2. The molecule has 1 aromatic heterocycles. The molecule has 0 saturated carbocycles. The zero-order chi connectivity index (χ0) is 12.3. The highest BCUT2D eigenvalue weighted by molar-refractivity contribution is 7.71. The molecule has 88 valence electrons. The summed E-state index contributed by atoms with van der Waals surface area (Å²) in [4.78, 5) is 0. The molecule has 1 aromatic carbocycles. The monoisotopic (exact) mass is 248 g/mol. The van der Waals surface area contributed by atoms with Crippen LogP contribution in [0.1, 0.15) is 18.3 Å². The predicted molar refractivity (Wildman–Crippen MR) is 67.9 cm³/mol. The highest BCUT2D eigenvalue weighted by Gasteiger charge is 2.00.